The van der Waals surface area contributed by atoms with Gasteiger partial charge in [-0.2, -0.15) is 13.1 Å². The van der Waals surface area contributed by atoms with Crippen molar-refractivity contribution in [1.29, 1.82) is 0 Å². The quantitative estimate of drug-likeness (QED) is 0.644. The van der Waals surface area contributed by atoms with E-state index < -0.39 is 16.1 Å². The monoisotopic (exact) mass is 450 g/mol. The molecule has 3 aromatic rings. The molecule has 0 spiro atoms. The van der Waals surface area contributed by atoms with Crippen LogP contribution in [0.15, 0.2) is 47.4 Å². The number of rotatable bonds is 5. The van der Waals surface area contributed by atoms with Gasteiger partial charge in [-0.15, -0.1) is 0 Å². The lowest BCUT2D eigenvalue weighted by Gasteiger charge is -2.29. The molecule has 1 saturated heterocycles. The van der Waals surface area contributed by atoms with Crippen LogP contribution < -0.4 is 5.32 Å². The summed E-state index contributed by atoms with van der Waals surface area (Å²) in [7, 11) is -3.92. The summed E-state index contributed by atoms with van der Waals surface area (Å²) in [6, 6.07) is 10.7. The summed E-state index contributed by atoms with van der Waals surface area (Å²) in [6.45, 7) is 0.622. The second-order valence-electron chi connectivity index (χ2n) is 6.89. The van der Waals surface area contributed by atoms with Gasteiger partial charge in [-0.1, -0.05) is 17.7 Å². The standard InChI is InChI=1S/C19H19ClN4O3S2/c20-14-5-7-15(8-6-14)29(26,27)24(18-3-1-2-10-21-19(18)25)12-13-4-9-16-17(11-13)23-28-22-16/h4-9,11,18H,1-3,10,12H2,(H,21,25)/t18-/m1/s1. The van der Waals surface area contributed by atoms with Crippen LogP contribution in [0.25, 0.3) is 11.0 Å². The van der Waals surface area contributed by atoms with Gasteiger partial charge in [0.2, 0.25) is 15.9 Å². The highest BCUT2D eigenvalue weighted by atomic mass is 35.5. The van der Waals surface area contributed by atoms with Gasteiger partial charge in [-0.3, -0.25) is 4.79 Å². The van der Waals surface area contributed by atoms with Gasteiger partial charge in [0.15, 0.2) is 0 Å². The van der Waals surface area contributed by atoms with Crippen molar-refractivity contribution in [2.45, 2.75) is 36.7 Å². The molecule has 0 radical (unpaired) electrons. The number of nitrogens with zero attached hydrogens (tertiary/aromatic N) is 3. The lowest BCUT2D eigenvalue weighted by atomic mass is 10.1. The second-order valence-corrected chi connectivity index (χ2v) is 9.75. The van der Waals surface area contributed by atoms with Crippen molar-refractivity contribution in [3.63, 3.8) is 0 Å². The Hall–Kier alpha value is -2.07. The van der Waals surface area contributed by atoms with Gasteiger partial charge in [0.05, 0.1) is 16.6 Å². The Morgan fingerprint density at radius 3 is 2.66 bits per heavy atom. The molecule has 1 aromatic heterocycles. The minimum Gasteiger partial charge on any atom is -0.355 e. The number of halogens is 1. The third-order valence-electron chi connectivity index (χ3n) is 4.93. The van der Waals surface area contributed by atoms with E-state index in [4.69, 9.17) is 11.6 Å². The van der Waals surface area contributed by atoms with Crippen LogP contribution in [0, 0.1) is 0 Å². The summed E-state index contributed by atoms with van der Waals surface area (Å²) in [5.74, 6) is -0.267. The fraction of sp³-hybridized carbons (Fsp3) is 0.316. The molecule has 7 nitrogen and oxygen atoms in total. The zero-order chi connectivity index (χ0) is 20.4. The van der Waals surface area contributed by atoms with E-state index in [0.717, 1.165) is 35.6 Å². The van der Waals surface area contributed by atoms with Crippen molar-refractivity contribution in [1.82, 2.24) is 18.4 Å². The smallest absolute Gasteiger partial charge is 0.244 e. The van der Waals surface area contributed by atoms with Crippen LogP contribution in [0.3, 0.4) is 0 Å². The number of aromatic nitrogens is 2. The van der Waals surface area contributed by atoms with Gasteiger partial charge < -0.3 is 5.32 Å². The number of amides is 1. The number of sulfonamides is 1. The van der Waals surface area contributed by atoms with Crippen molar-refractivity contribution in [3.8, 4) is 0 Å². The van der Waals surface area contributed by atoms with Crippen LogP contribution in [0.2, 0.25) is 5.02 Å². The van der Waals surface area contributed by atoms with E-state index in [0.29, 0.717) is 23.5 Å². The summed E-state index contributed by atoms with van der Waals surface area (Å²) < 4.78 is 36.7. The van der Waals surface area contributed by atoms with Gasteiger partial charge in [0.25, 0.3) is 0 Å². The fourth-order valence-electron chi connectivity index (χ4n) is 3.41. The van der Waals surface area contributed by atoms with E-state index in [1.807, 2.05) is 18.2 Å². The van der Waals surface area contributed by atoms with Gasteiger partial charge in [-0.25, -0.2) is 8.42 Å². The molecule has 1 aliphatic heterocycles. The number of fused-ring (bicyclic) bond motifs is 1. The van der Waals surface area contributed by atoms with Crippen molar-refractivity contribution in [3.05, 3.63) is 53.1 Å². The Morgan fingerprint density at radius 2 is 1.86 bits per heavy atom. The Balaban J connectivity index is 1.75. The SMILES string of the molecule is O=C1NCCCC[C@H]1N(Cc1ccc2nsnc2c1)S(=O)(=O)c1ccc(Cl)cc1. The van der Waals surface area contributed by atoms with Gasteiger partial charge >= 0.3 is 0 Å². The molecule has 0 aliphatic carbocycles. The summed E-state index contributed by atoms with van der Waals surface area (Å²) >= 11 is 7.03. The minimum atomic E-state index is -3.92. The third-order valence-corrected chi connectivity index (χ3v) is 7.61. The van der Waals surface area contributed by atoms with Crippen LogP contribution in [-0.4, -0.2) is 40.0 Å². The molecule has 1 atom stereocenters. The normalized spacial score (nSPS) is 18.0. The highest BCUT2D eigenvalue weighted by Gasteiger charge is 2.36. The highest BCUT2D eigenvalue weighted by Crippen LogP contribution is 2.26. The molecule has 1 fully saturated rings. The summed E-state index contributed by atoms with van der Waals surface area (Å²) in [6.07, 6.45) is 2.07. The van der Waals surface area contributed by atoms with Crippen LogP contribution in [0.4, 0.5) is 0 Å². The lowest BCUT2D eigenvalue weighted by molar-refractivity contribution is -0.124. The fourth-order valence-corrected chi connectivity index (χ4v) is 5.66. The molecule has 2 heterocycles. The molecule has 4 rings (SSSR count). The molecule has 0 saturated carbocycles. The Bertz CT molecular complexity index is 1130. The van der Waals surface area contributed by atoms with E-state index in [2.05, 4.69) is 14.1 Å². The van der Waals surface area contributed by atoms with Gasteiger partial charge in [0, 0.05) is 18.1 Å². The van der Waals surface area contributed by atoms with Crippen molar-refractivity contribution < 1.29 is 13.2 Å². The molecule has 1 aliphatic rings. The molecule has 152 valence electrons. The third kappa shape index (κ3) is 4.28. The topological polar surface area (TPSA) is 92.3 Å². The first-order valence-corrected chi connectivity index (χ1v) is 11.8. The van der Waals surface area contributed by atoms with Crippen molar-refractivity contribution in [2.75, 3.05) is 6.54 Å². The predicted octanol–water partition coefficient (Wildman–Crippen LogP) is 3.20. The van der Waals surface area contributed by atoms with Gasteiger partial charge in [-0.05, 0) is 61.2 Å². The molecule has 2 aromatic carbocycles. The number of hydrogen-bond acceptors (Lipinski definition) is 6. The van der Waals surface area contributed by atoms with E-state index in [9.17, 15) is 13.2 Å². The first kappa shape index (κ1) is 20.2. The molecule has 0 unspecified atom stereocenters. The van der Waals surface area contributed by atoms with Gasteiger partial charge in [0.1, 0.15) is 17.1 Å². The number of hydrogen-bond donors (Lipinski definition) is 1. The van der Waals surface area contributed by atoms with Crippen LogP contribution in [0.5, 0.6) is 0 Å². The maximum Gasteiger partial charge on any atom is 0.244 e. The van der Waals surface area contributed by atoms with E-state index in [1.165, 1.54) is 28.6 Å². The summed E-state index contributed by atoms with van der Waals surface area (Å²) in [4.78, 5) is 12.8. The maximum atomic E-state index is 13.5. The zero-order valence-electron chi connectivity index (χ0n) is 15.4. The van der Waals surface area contributed by atoms with E-state index in [-0.39, 0.29) is 17.3 Å². The lowest BCUT2D eigenvalue weighted by Crippen LogP contribution is -2.48. The molecule has 10 heteroatoms. The number of nitrogens with one attached hydrogen (secondary N) is 1. The summed E-state index contributed by atoms with van der Waals surface area (Å²) in [5.41, 5.74) is 2.22. The van der Waals surface area contributed by atoms with Crippen LogP contribution in [-0.2, 0) is 21.4 Å². The molecule has 29 heavy (non-hydrogen) atoms. The predicted molar refractivity (Wildman–Crippen MR) is 112 cm³/mol. The molecular formula is C19H19ClN4O3S2. The second kappa shape index (κ2) is 8.35. The Kier molecular flexibility index (Phi) is 5.82. The van der Waals surface area contributed by atoms with Crippen molar-refractivity contribution >= 4 is 50.3 Å². The van der Waals surface area contributed by atoms with E-state index >= 15 is 0 Å². The Labute approximate surface area is 178 Å². The average Bonchev–Trinajstić information content (AvgIpc) is 3.07. The first-order valence-electron chi connectivity index (χ1n) is 9.21. The van der Waals surface area contributed by atoms with E-state index in [1.54, 1.807) is 0 Å². The first-order chi connectivity index (χ1) is 13.9. The number of benzene rings is 2. The Morgan fingerprint density at radius 1 is 1.10 bits per heavy atom. The highest BCUT2D eigenvalue weighted by molar-refractivity contribution is 7.89. The van der Waals surface area contributed by atoms with Crippen LogP contribution >= 0.6 is 23.3 Å². The molecule has 0 bridgehead atoms. The van der Waals surface area contributed by atoms with Crippen LogP contribution in [0.1, 0.15) is 24.8 Å². The summed E-state index contributed by atoms with van der Waals surface area (Å²) in [5, 5.41) is 3.28. The average molecular weight is 451 g/mol. The molecule has 1 amide bonds. The largest absolute Gasteiger partial charge is 0.355 e. The molecule has 1 N–H and O–H groups in total. The minimum absolute atomic E-state index is 0.0660. The number of carbonyl (C=O) groups excluding carboxylic acids is 1. The maximum absolute atomic E-state index is 13.5. The van der Waals surface area contributed by atoms with Crippen molar-refractivity contribution in [2.24, 2.45) is 0 Å². The molecular weight excluding hydrogens is 432 g/mol. The number of carbonyl (C=O) groups is 1. The zero-order valence-corrected chi connectivity index (χ0v) is 17.8.